The molecule has 5 aromatic rings. The number of carbonyl (C=O) groups is 2. The molecule has 5 rings (SSSR count). The van der Waals surface area contributed by atoms with Crippen LogP contribution in [0.15, 0.2) is 132 Å². The van der Waals surface area contributed by atoms with Crippen LogP contribution in [0.5, 0.6) is 11.5 Å². The monoisotopic (exact) mass is 699 g/mol. The molecule has 0 aliphatic carbocycles. The second-order valence-electron chi connectivity index (χ2n) is 11.2. The van der Waals surface area contributed by atoms with Crippen LogP contribution in [-0.2, 0) is 32.6 Å². The first-order valence-corrected chi connectivity index (χ1v) is 17.1. The van der Waals surface area contributed by atoms with Gasteiger partial charge in [-0.1, -0.05) is 54.6 Å². The summed E-state index contributed by atoms with van der Waals surface area (Å²) >= 11 is 0. The lowest BCUT2D eigenvalue weighted by Gasteiger charge is -2.31. The highest BCUT2D eigenvalue weighted by Crippen LogP contribution is 2.25. The fourth-order valence-electron chi connectivity index (χ4n) is 5.11. The summed E-state index contributed by atoms with van der Waals surface area (Å²) in [5.41, 5.74) is 2.33. The zero-order valence-electron chi connectivity index (χ0n) is 27.1. The molecular formula is C38H35F2N3O6S. The van der Waals surface area contributed by atoms with Crippen molar-refractivity contribution in [2.45, 2.75) is 23.9 Å². The molecule has 2 amide bonds. The molecule has 258 valence electrons. The third kappa shape index (κ3) is 9.66. The van der Waals surface area contributed by atoms with Crippen LogP contribution in [0.4, 0.5) is 14.5 Å². The number of halogens is 2. The van der Waals surface area contributed by atoms with Crippen LogP contribution in [-0.4, -0.2) is 45.4 Å². The summed E-state index contributed by atoms with van der Waals surface area (Å²) in [6.07, 6.45) is 0.539. The van der Waals surface area contributed by atoms with Gasteiger partial charge in [-0.05, 0) is 95.9 Å². The Bertz CT molecular complexity index is 1980. The number of rotatable bonds is 15. The van der Waals surface area contributed by atoms with Crippen molar-refractivity contribution in [2.24, 2.45) is 0 Å². The zero-order valence-corrected chi connectivity index (χ0v) is 27.9. The zero-order chi connectivity index (χ0) is 35.5. The predicted octanol–water partition coefficient (Wildman–Crippen LogP) is 6.28. The van der Waals surface area contributed by atoms with E-state index in [9.17, 15) is 26.8 Å². The van der Waals surface area contributed by atoms with E-state index in [2.05, 4.69) is 10.0 Å². The molecule has 2 N–H and O–H groups in total. The molecule has 12 heteroatoms. The fraction of sp³-hybridized carbons (Fsp3) is 0.158. The minimum Gasteiger partial charge on any atom is -0.497 e. The molecule has 0 aliphatic rings. The quantitative estimate of drug-likeness (QED) is 0.133. The van der Waals surface area contributed by atoms with Gasteiger partial charge in [0, 0.05) is 18.8 Å². The summed E-state index contributed by atoms with van der Waals surface area (Å²) in [4.78, 5) is 29.1. The number of hydrogen-bond donors (Lipinski definition) is 2. The standard InChI is InChI=1S/C38H35F2N3O6S/c1-48-33-17-9-27(10-18-33)23-24-41-38(45)37(29-5-3-2-4-6-29)43(25-28-7-11-30(39)12-8-28)36(44)26-49-34-19-21-35(22-20-34)50(46,47)42-32-15-13-31(40)14-16-32/h2-22,37,42H,23-26H2,1H3,(H,41,45). The summed E-state index contributed by atoms with van der Waals surface area (Å²) in [5.74, 6) is -0.962. The van der Waals surface area contributed by atoms with Gasteiger partial charge in [-0.15, -0.1) is 0 Å². The molecule has 0 heterocycles. The van der Waals surface area contributed by atoms with Crippen molar-refractivity contribution < 1.29 is 36.3 Å². The molecule has 0 bridgehead atoms. The topological polar surface area (TPSA) is 114 Å². The number of anilines is 1. The molecule has 9 nitrogen and oxygen atoms in total. The first-order valence-electron chi connectivity index (χ1n) is 15.6. The van der Waals surface area contributed by atoms with Crippen LogP contribution >= 0.6 is 0 Å². The van der Waals surface area contributed by atoms with E-state index < -0.39 is 46.1 Å². The Labute approximate surface area is 289 Å². The number of sulfonamides is 1. The van der Waals surface area contributed by atoms with Crippen LogP contribution in [0.1, 0.15) is 22.7 Å². The third-order valence-electron chi connectivity index (χ3n) is 7.73. The van der Waals surface area contributed by atoms with Crippen molar-refractivity contribution in [3.05, 3.63) is 156 Å². The molecule has 0 aliphatic heterocycles. The molecule has 0 radical (unpaired) electrons. The molecule has 0 spiro atoms. The Balaban J connectivity index is 1.33. The maximum Gasteiger partial charge on any atom is 0.261 e. The van der Waals surface area contributed by atoms with Crippen LogP contribution in [0, 0.1) is 11.6 Å². The number of benzene rings is 5. The Kier molecular flexibility index (Phi) is 11.8. The number of nitrogens with zero attached hydrogens (tertiary/aromatic N) is 1. The average molecular weight is 700 g/mol. The number of nitrogens with one attached hydrogen (secondary N) is 2. The maximum atomic E-state index is 13.9. The summed E-state index contributed by atoms with van der Waals surface area (Å²) in [6.45, 7) is -0.210. The Hall–Kier alpha value is -5.75. The summed E-state index contributed by atoms with van der Waals surface area (Å²) in [6, 6.07) is 31.2. The Morgan fingerprint density at radius 2 is 1.32 bits per heavy atom. The fourth-order valence-corrected chi connectivity index (χ4v) is 6.17. The van der Waals surface area contributed by atoms with Crippen molar-refractivity contribution in [1.29, 1.82) is 0 Å². The van der Waals surface area contributed by atoms with Crippen molar-refractivity contribution in [3.8, 4) is 11.5 Å². The number of amides is 2. The molecule has 0 saturated heterocycles. The van der Waals surface area contributed by atoms with E-state index >= 15 is 0 Å². The van der Waals surface area contributed by atoms with Crippen LogP contribution in [0.2, 0.25) is 0 Å². The molecular weight excluding hydrogens is 664 g/mol. The third-order valence-corrected chi connectivity index (χ3v) is 9.12. The van der Waals surface area contributed by atoms with Gasteiger partial charge in [-0.3, -0.25) is 14.3 Å². The minimum absolute atomic E-state index is 0.0276. The van der Waals surface area contributed by atoms with Gasteiger partial charge in [0.15, 0.2) is 6.61 Å². The van der Waals surface area contributed by atoms with Gasteiger partial charge in [0.25, 0.3) is 15.9 Å². The Morgan fingerprint density at radius 1 is 0.740 bits per heavy atom. The predicted molar refractivity (Wildman–Crippen MR) is 185 cm³/mol. The minimum atomic E-state index is -3.99. The van der Waals surface area contributed by atoms with E-state index in [1.807, 2.05) is 24.3 Å². The first-order chi connectivity index (χ1) is 24.1. The van der Waals surface area contributed by atoms with Gasteiger partial charge in [0.1, 0.15) is 29.2 Å². The second-order valence-corrected chi connectivity index (χ2v) is 12.9. The number of hydrogen-bond acceptors (Lipinski definition) is 6. The largest absolute Gasteiger partial charge is 0.497 e. The van der Waals surface area contributed by atoms with E-state index in [-0.39, 0.29) is 22.9 Å². The lowest BCUT2D eigenvalue weighted by molar-refractivity contribution is -0.143. The van der Waals surface area contributed by atoms with Crippen molar-refractivity contribution in [3.63, 3.8) is 0 Å². The molecule has 1 atom stereocenters. The number of ether oxygens (including phenoxy) is 2. The van der Waals surface area contributed by atoms with E-state index in [1.54, 1.807) is 49.6 Å². The lowest BCUT2D eigenvalue weighted by Crippen LogP contribution is -2.45. The van der Waals surface area contributed by atoms with Gasteiger partial charge in [-0.25, -0.2) is 17.2 Å². The molecule has 50 heavy (non-hydrogen) atoms. The maximum absolute atomic E-state index is 13.9. The highest BCUT2D eigenvalue weighted by molar-refractivity contribution is 7.92. The second kappa shape index (κ2) is 16.6. The van der Waals surface area contributed by atoms with Gasteiger partial charge >= 0.3 is 0 Å². The normalized spacial score (nSPS) is 11.7. The molecule has 0 fully saturated rings. The van der Waals surface area contributed by atoms with E-state index in [0.717, 1.165) is 23.4 Å². The van der Waals surface area contributed by atoms with E-state index in [1.165, 1.54) is 53.4 Å². The average Bonchev–Trinajstić information content (AvgIpc) is 3.13. The first kappa shape index (κ1) is 35.6. The summed E-state index contributed by atoms with van der Waals surface area (Å²) < 4.78 is 66.0. The van der Waals surface area contributed by atoms with Gasteiger partial charge in [0.2, 0.25) is 5.91 Å². The van der Waals surface area contributed by atoms with Crippen molar-refractivity contribution in [1.82, 2.24) is 10.2 Å². The molecule has 0 aromatic heterocycles. The molecule has 1 unspecified atom stereocenters. The van der Waals surface area contributed by atoms with Gasteiger partial charge in [-0.2, -0.15) is 0 Å². The number of methoxy groups -OCH3 is 1. The summed E-state index contributed by atoms with van der Waals surface area (Å²) in [7, 11) is -2.40. The van der Waals surface area contributed by atoms with Crippen molar-refractivity contribution >= 4 is 27.5 Å². The highest BCUT2D eigenvalue weighted by atomic mass is 32.2. The smallest absolute Gasteiger partial charge is 0.261 e. The van der Waals surface area contributed by atoms with Crippen molar-refractivity contribution in [2.75, 3.05) is 25.0 Å². The summed E-state index contributed by atoms with van der Waals surface area (Å²) in [5, 5.41) is 2.96. The van der Waals surface area contributed by atoms with Gasteiger partial charge < -0.3 is 19.7 Å². The van der Waals surface area contributed by atoms with Crippen LogP contribution < -0.4 is 19.5 Å². The Morgan fingerprint density at radius 3 is 1.94 bits per heavy atom. The SMILES string of the molecule is COc1ccc(CCNC(=O)C(c2ccccc2)N(Cc2ccc(F)cc2)C(=O)COc2ccc(S(=O)(=O)Nc3ccc(F)cc3)cc2)cc1. The lowest BCUT2D eigenvalue weighted by atomic mass is 10.0. The highest BCUT2D eigenvalue weighted by Gasteiger charge is 2.32. The molecule has 5 aromatic carbocycles. The van der Waals surface area contributed by atoms with Crippen LogP contribution in [0.3, 0.4) is 0 Å². The number of carbonyl (C=O) groups excluding carboxylic acids is 2. The van der Waals surface area contributed by atoms with E-state index in [0.29, 0.717) is 24.1 Å². The van der Waals surface area contributed by atoms with Crippen LogP contribution in [0.25, 0.3) is 0 Å². The van der Waals surface area contributed by atoms with Gasteiger partial charge in [0.05, 0.1) is 12.0 Å². The van der Waals surface area contributed by atoms with E-state index in [4.69, 9.17) is 9.47 Å². The molecule has 0 saturated carbocycles.